The Kier molecular flexibility index (Phi) is 5.28. The Balaban J connectivity index is 1.39. The lowest BCUT2D eigenvalue weighted by Gasteiger charge is -2.24. The summed E-state index contributed by atoms with van der Waals surface area (Å²) in [6, 6.07) is -0.568. The van der Waals surface area contributed by atoms with Gasteiger partial charge < -0.3 is 5.32 Å². The van der Waals surface area contributed by atoms with E-state index in [-0.39, 0.29) is 22.9 Å². The average molecular weight is 543 g/mol. The number of nitrogens with one attached hydrogen (secondary N) is 1. The summed E-state index contributed by atoms with van der Waals surface area (Å²) in [7, 11) is 0. The van der Waals surface area contributed by atoms with Crippen molar-refractivity contribution in [3.05, 3.63) is 77.1 Å². The molecule has 1 aliphatic rings. The van der Waals surface area contributed by atoms with Crippen molar-refractivity contribution in [2.24, 2.45) is 0 Å². The number of hydrogen-bond acceptors (Lipinski definition) is 7. The number of hydrogen-bond donors (Lipinski definition) is 1. The largest absolute Gasteiger partial charge is 0.340 e. The van der Waals surface area contributed by atoms with Gasteiger partial charge in [-0.2, -0.15) is 28.5 Å². The summed E-state index contributed by atoms with van der Waals surface area (Å²) in [6.07, 6.45) is 8.55. The van der Waals surface area contributed by atoms with Gasteiger partial charge in [-0.1, -0.05) is 11.6 Å². The minimum Gasteiger partial charge on any atom is -0.324 e. The summed E-state index contributed by atoms with van der Waals surface area (Å²) >= 11 is 6.33. The van der Waals surface area contributed by atoms with E-state index in [2.05, 4.69) is 35.7 Å². The number of amides is 1. The van der Waals surface area contributed by atoms with Gasteiger partial charge in [-0.15, -0.1) is 9.90 Å². The molecule has 5 aromatic heterocycles. The summed E-state index contributed by atoms with van der Waals surface area (Å²) < 4.78 is 43.9. The Morgan fingerprint density at radius 2 is 1.92 bits per heavy atom. The molecule has 5 heterocycles. The lowest BCUT2D eigenvalue weighted by Crippen LogP contribution is -2.25. The van der Waals surface area contributed by atoms with Crippen molar-refractivity contribution in [2.75, 3.05) is 5.32 Å². The van der Waals surface area contributed by atoms with E-state index >= 15 is 0 Å². The summed E-state index contributed by atoms with van der Waals surface area (Å²) in [5, 5.41) is 18.7. The molecule has 11 nitrogen and oxygen atoms in total. The lowest BCUT2D eigenvalue weighted by molar-refractivity contribution is -0.117. The molecule has 0 saturated heterocycles. The molecule has 6 rings (SSSR count). The van der Waals surface area contributed by atoms with Crippen molar-refractivity contribution in [1.29, 1.82) is 0 Å². The fourth-order valence-corrected chi connectivity index (χ4v) is 5.09. The van der Waals surface area contributed by atoms with Crippen LogP contribution in [0.4, 0.5) is 18.9 Å². The number of aromatic nitrogens is 9. The van der Waals surface area contributed by atoms with Gasteiger partial charge in [-0.25, -0.2) is 19.2 Å². The van der Waals surface area contributed by atoms with Crippen LogP contribution in [0.5, 0.6) is 0 Å². The SMILES string of the molecule is CC(F)(F)n1cc([C@@]2(C)CC(C(=O)Nc3cnc(-n4nccn4)c(Cl)c3)c3cnc4cc(F)nn4c32)cn1. The first kappa shape index (κ1) is 24.0. The molecule has 15 heteroatoms. The highest BCUT2D eigenvalue weighted by Crippen LogP contribution is 2.50. The molecule has 1 N–H and O–H groups in total. The van der Waals surface area contributed by atoms with Gasteiger partial charge in [0.05, 0.1) is 47.1 Å². The van der Waals surface area contributed by atoms with Gasteiger partial charge in [-0.3, -0.25) is 4.79 Å². The first-order valence-electron chi connectivity index (χ1n) is 11.4. The third-order valence-corrected chi connectivity index (χ3v) is 6.91. The normalized spacial score (nSPS) is 19.2. The molecule has 1 aliphatic carbocycles. The number of nitrogens with zero attached hydrogens (tertiary/aromatic N) is 9. The summed E-state index contributed by atoms with van der Waals surface area (Å²) in [4.78, 5) is 23.3. The fraction of sp³-hybridized carbons (Fsp3) is 0.261. The third-order valence-electron chi connectivity index (χ3n) is 6.63. The highest BCUT2D eigenvalue weighted by Gasteiger charge is 2.48. The lowest BCUT2D eigenvalue weighted by atomic mass is 9.80. The van der Waals surface area contributed by atoms with Gasteiger partial charge in [-0.05, 0) is 19.4 Å². The van der Waals surface area contributed by atoms with Gasteiger partial charge in [0.15, 0.2) is 11.5 Å². The number of anilines is 1. The molecule has 0 bridgehead atoms. The van der Waals surface area contributed by atoms with E-state index in [9.17, 15) is 18.0 Å². The Morgan fingerprint density at radius 1 is 1.16 bits per heavy atom. The molecule has 0 radical (unpaired) electrons. The molecule has 38 heavy (non-hydrogen) atoms. The van der Waals surface area contributed by atoms with E-state index in [1.807, 2.05) is 0 Å². The summed E-state index contributed by atoms with van der Waals surface area (Å²) in [5.74, 6) is -1.68. The van der Waals surface area contributed by atoms with Crippen LogP contribution >= 0.6 is 11.6 Å². The minimum absolute atomic E-state index is 0.161. The number of carbonyl (C=O) groups excluding carboxylic acids is 1. The Morgan fingerprint density at radius 3 is 2.61 bits per heavy atom. The Bertz CT molecular complexity index is 1690. The highest BCUT2D eigenvalue weighted by atomic mass is 35.5. The van der Waals surface area contributed by atoms with Crippen molar-refractivity contribution in [3.63, 3.8) is 0 Å². The second-order valence-corrected chi connectivity index (χ2v) is 9.65. The zero-order valence-electron chi connectivity index (χ0n) is 19.8. The van der Waals surface area contributed by atoms with Crippen molar-refractivity contribution in [1.82, 2.24) is 44.4 Å². The van der Waals surface area contributed by atoms with E-state index in [1.54, 1.807) is 6.92 Å². The van der Waals surface area contributed by atoms with E-state index in [1.165, 1.54) is 52.6 Å². The van der Waals surface area contributed by atoms with Crippen LogP contribution in [0, 0.1) is 5.95 Å². The van der Waals surface area contributed by atoms with Gasteiger partial charge >= 0.3 is 6.05 Å². The van der Waals surface area contributed by atoms with Gasteiger partial charge in [0, 0.05) is 41.9 Å². The highest BCUT2D eigenvalue weighted by molar-refractivity contribution is 6.32. The van der Waals surface area contributed by atoms with E-state index in [0.717, 1.165) is 13.0 Å². The fourth-order valence-electron chi connectivity index (χ4n) is 4.85. The van der Waals surface area contributed by atoms with Crippen LogP contribution in [0.1, 0.15) is 43.0 Å². The van der Waals surface area contributed by atoms with Crippen LogP contribution in [-0.2, 0) is 16.3 Å². The molecule has 0 aromatic carbocycles. The smallest absolute Gasteiger partial charge is 0.324 e. The van der Waals surface area contributed by atoms with Crippen LogP contribution in [0.25, 0.3) is 11.5 Å². The first-order valence-corrected chi connectivity index (χ1v) is 11.7. The minimum atomic E-state index is -3.23. The Hall–Kier alpha value is -4.33. The van der Waals surface area contributed by atoms with Crippen molar-refractivity contribution in [2.45, 2.75) is 37.6 Å². The zero-order valence-corrected chi connectivity index (χ0v) is 20.6. The van der Waals surface area contributed by atoms with E-state index < -0.39 is 29.2 Å². The average Bonchev–Trinajstić information content (AvgIpc) is 3.64. The zero-order chi connectivity index (χ0) is 26.8. The van der Waals surface area contributed by atoms with Crippen LogP contribution in [0.2, 0.25) is 5.02 Å². The maximum absolute atomic E-state index is 14.1. The molecular formula is C23H18ClF3N10O. The maximum atomic E-state index is 14.1. The molecule has 5 aromatic rings. The quantitative estimate of drug-likeness (QED) is 0.359. The van der Waals surface area contributed by atoms with Gasteiger partial charge in [0.25, 0.3) is 0 Å². The number of rotatable bonds is 5. The molecular weight excluding hydrogens is 525 g/mol. The summed E-state index contributed by atoms with van der Waals surface area (Å²) in [6.45, 7) is 2.50. The second kappa shape index (κ2) is 8.34. The number of fused-ring (bicyclic) bond motifs is 3. The topological polar surface area (TPSA) is 121 Å². The monoisotopic (exact) mass is 542 g/mol. The van der Waals surface area contributed by atoms with Crippen molar-refractivity contribution >= 4 is 28.8 Å². The molecule has 0 aliphatic heterocycles. The summed E-state index contributed by atoms with van der Waals surface area (Å²) in [5.41, 5.74) is 0.880. The third kappa shape index (κ3) is 3.79. The van der Waals surface area contributed by atoms with Crippen LogP contribution in [0.3, 0.4) is 0 Å². The second-order valence-electron chi connectivity index (χ2n) is 9.24. The van der Waals surface area contributed by atoms with Crippen molar-refractivity contribution in [3.8, 4) is 5.82 Å². The van der Waals surface area contributed by atoms with Gasteiger partial charge in [0.1, 0.15) is 0 Å². The van der Waals surface area contributed by atoms with Crippen molar-refractivity contribution < 1.29 is 18.0 Å². The standard InChI is InChI=1S/C23H18ClF3N10O/c1-22(12-8-32-35(11-12)23(2,26)27)7-14(15-10-28-18-6-17(25)34-36(18)19(15)22)21(38)33-13-5-16(24)20(29-9-13)37-30-3-4-31-37/h3-6,8-11,14H,7H2,1-2H3,(H,33,38)/t14?,22-/m1/s1. The molecule has 2 atom stereocenters. The van der Waals surface area contributed by atoms with E-state index in [4.69, 9.17) is 11.6 Å². The maximum Gasteiger partial charge on any atom is 0.340 e. The molecule has 1 unspecified atom stereocenters. The number of halogens is 4. The van der Waals surface area contributed by atoms with Crippen LogP contribution in [0.15, 0.2) is 49.3 Å². The molecule has 0 saturated carbocycles. The molecule has 1 amide bonds. The van der Waals surface area contributed by atoms with Gasteiger partial charge in [0.2, 0.25) is 11.9 Å². The van der Waals surface area contributed by atoms with Crippen LogP contribution in [-0.4, -0.2) is 50.3 Å². The molecule has 0 fully saturated rings. The van der Waals surface area contributed by atoms with E-state index in [0.29, 0.717) is 27.2 Å². The molecule has 194 valence electrons. The number of carbonyl (C=O) groups is 1. The first-order chi connectivity index (χ1) is 18.0. The predicted octanol–water partition coefficient (Wildman–Crippen LogP) is 3.70. The number of alkyl halides is 2. The molecule has 0 spiro atoms. The Labute approximate surface area is 217 Å². The van der Waals surface area contributed by atoms with Crippen LogP contribution < -0.4 is 5.32 Å². The predicted molar refractivity (Wildman–Crippen MR) is 128 cm³/mol. The number of pyridine rings is 1.